The largest absolute Gasteiger partial charge is 0.493 e. The van der Waals surface area contributed by atoms with Crippen LogP contribution in [0.25, 0.3) is 0 Å². The Bertz CT molecular complexity index is 991. The molecule has 2 aromatic carbocycles. The van der Waals surface area contributed by atoms with Crippen LogP contribution in [0.4, 0.5) is 0 Å². The maximum Gasteiger partial charge on any atom is 0.337 e. The minimum Gasteiger partial charge on any atom is -0.493 e. The van der Waals surface area contributed by atoms with E-state index in [4.69, 9.17) is 9.47 Å². The molecule has 1 N–H and O–H groups in total. The number of aryl methyl sites for hydroxylation is 1. The van der Waals surface area contributed by atoms with Crippen molar-refractivity contribution in [3.05, 3.63) is 75.8 Å². The van der Waals surface area contributed by atoms with Gasteiger partial charge >= 0.3 is 5.97 Å². The summed E-state index contributed by atoms with van der Waals surface area (Å²) in [5.74, 6) is 0.451. The predicted octanol–water partition coefficient (Wildman–Crippen LogP) is 3.93. The Morgan fingerprint density at radius 3 is 2.53 bits per heavy atom. The maximum atomic E-state index is 12.3. The molecule has 0 bridgehead atoms. The number of rotatable bonds is 7. The molecule has 2 aromatic rings. The first-order chi connectivity index (χ1) is 14.5. The monoisotopic (exact) mass is 422 g/mol. The van der Waals surface area contributed by atoms with Crippen LogP contribution in [0.3, 0.4) is 0 Å². The standard InChI is InChI=1S/C23H22N2O4S/c1-15-3-9-18(10-4-15)29-11-12-30-22-20(14-24)19(13-21(26)25-22)16-5-7-17(8-6-16)23(27)28-2/h3-10,19H,11-13H2,1-2H3,(H,25,26)/t19-/m1/s1. The molecule has 6 nitrogen and oxygen atoms in total. The van der Waals surface area contributed by atoms with E-state index in [0.29, 0.717) is 28.5 Å². The van der Waals surface area contributed by atoms with Gasteiger partial charge in [0.2, 0.25) is 5.91 Å². The van der Waals surface area contributed by atoms with Gasteiger partial charge in [0, 0.05) is 18.1 Å². The van der Waals surface area contributed by atoms with E-state index in [-0.39, 0.29) is 18.2 Å². The van der Waals surface area contributed by atoms with Crippen molar-refractivity contribution in [3.63, 3.8) is 0 Å². The van der Waals surface area contributed by atoms with Gasteiger partial charge in [0.15, 0.2) is 0 Å². The van der Waals surface area contributed by atoms with Crippen LogP contribution in [0.1, 0.15) is 33.8 Å². The van der Waals surface area contributed by atoms with Crippen LogP contribution in [-0.4, -0.2) is 31.3 Å². The zero-order chi connectivity index (χ0) is 21.5. The smallest absolute Gasteiger partial charge is 0.337 e. The van der Waals surface area contributed by atoms with Gasteiger partial charge in [0.25, 0.3) is 0 Å². The number of methoxy groups -OCH3 is 1. The number of nitrogens with zero attached hydrogens (tertiary/aromatic N) is 1. The molecule has 0 unspecified atom stereocenters. The van der Waals surface area contributed by atoms with E-state index in [2.05, 4.69) is 11.4 Å². The van der Waals surface area contributed by atoms with Crippen LogP contribution in [0.5, 0.6) is 5.75 Å². The number of nitrogens with one attached hydrogen (secondary N) is 1. The fourth-order valence-electron chi connectivity index (χ4n) is 3.12. The number of allylic oxidation sites excluding steroid dienone is 1. The van der Waals surface area contributed by atoms with Gasteiger partial charge in [-0.1, -0.05) is 29.8 Å². The van der Waals surface area contributed by atoms with E-state index in [1.54, 1.807) is 24.3 Å². The number of hydrogen-bond donors (Lipinski definition) is 1. The minimum absolute atomic E-state index is 0.141. The van der Waals surface area contributed by atoms with Crippen molar-refractivity contribution < 1.29 is 19.1 Å². The van der Waals surface area contributed by atoms with Gasteiger partial charge in [0.05, 0.1) is 36.0 Å². The zero-order valence-electron chi connectivity index (χ0n) is 16.8. The van der Waals surface area contributed by atoms with E-state index >= 15 is 0 Å². The highest BCUT2D eigenvalue weighted by Crippen LogP contribution is 2.36. The highest BCUT2D eigenvalue weighted by atomic mass is 32.2. The first kappa shape index (κ1) is 21.5. The van der Waals surface area contributed by atoms with Crippen molar-refractivity contribution in [2.24, 2.45) is 0 Å². The number of esters is 1. The highest BCUT2D eigenvalue weighted by Gasteiger charge is 2.29. The van der Waals surface area contributed by atoms with Crippen LogP contribution in [0.15, 0.2) is 59.1 Å². The summed E-state index contributed by atoms with van der Waals surface area (Å²) in [5.41, 5.74) is 2.91. The van der Waals surface area contributed by atoms with Gasteiger partial charge in [-0.05, 0) is 36.8 Å². The molecule has 0 aromatic heterocycles. The Hall–Kier alpha value is -3.24. The van der Waals surface area contributed by atoms with Gasteiger partial charge in [-0.3, -0.25) is 4.79 Å². The van der Waals surface area contributed by atoms with Crippen LogP contribution in [0, 0.1) is 18.3 Å². The molecular weight excluding hydrogens is 400 g/mol. The minimum atomic E-state index is -0.427. The molecule has 1 heterocycles. The Balaban J connectivity index is 1.69. The molecule has 0 spiro atoms. The van der Waals surface area contributed by atoms with Crippen molar-refractivity contribution in [3.8, 4) is 11.8 Å². The van der Waals surface area contributed by atoms with Crippen LogP contribution in [-0.2, 0) is 9.53 Å². The third-order valence-electron chi connectivity index (χ3n) is 4.71. The molecule has 0 saturated carbocycles. The summed E-state index contributed by atoms with van der Waals surface area (Å²) in [7, 11) is 1.32. The molecule has 3 rings (SSSR count). The lowest BCUT2D eigenvalue weighted by molar-refractivity contribution is -0.120. The molecule has 7 heteroatoms. The van der Waals surface area contributed by atoms with Crippen LogP contribution in [0.2, 0.25) is 0 Å². The van der Waals surface area contributed by atoms with E-state index in [1.807, 2.05) is 31.2 Å². The predicted molar refractivity (Wildman–Crippen MR) is 115 cm³/mol. The first-order valence-corrected chi connectivity index (χ1v) is 10.4. The van der Waals surface area contributed by atoms with Gasteiger partial charge in [0.1, 0.15) is 5.75 Å². The summed E-state index contributed by atoms with van der Waals surface area (Å²) in [6.45, 7) is 2.46. The van der Waals surface area contributed by atoms with Crippen molar-refractivity contribution >= 4 is 23.6 Å². The number of ether oxygens (including phenoxy) is 2. The lowest BCUT2D eigenvalue weighted by Crippen LogP contribution is -2.31. The highest BCUT2D eigenvalue weighted by molar-refractivity contribution is 8.03. The van der Waals surface area contributed by atoms with E-state index in [9.17, 15) is 14.9 Å². The lowest BCUT2D eigenvalue weighted by atomic mass is 9.87. The average Bonchev–Trinajstić information content (AvgIpc) is 2.77. The van der Waals surface area contributed by atoms with Gasteiger partial charge in [-0.15, -0.1) is 11.8 Å². The summed E-state index contributed by atoms with van der Waals surface area (Å²) >= 11 is 1.39. The molecule has 1 aliphatic heterocycles. The lowest BCUT2D eigenvalue weighted by Gasteiger charge is -2.25. The average molecular weight is 423 g/mol. The first-order valence-electron chi connectivity index (χ1n) is 9.46. The van der Waals surface area contributed by atoms with Gasteiger partial charge in [-0.2, -0.15) is 5.26 Å². The quantitative estimate of drug-likeness (QED) is 0.537. The molecular formula is C23H22N2O4S. The van der Waals surface area contributed by atoms with Crippen molar-refractivity contribution in [2.75, 3.05) is 19.5 Å². The molecule has 0 radical (unpaired) electrons. The fraction of sp³-hybridized carbons (Fsp3) is 0.261. The number of amides is 1. The zero-order valence-corrected chi connectivity index (χ0v) is 17.6. The van der Waals surface area contributed by atoms with E-state index in [1.165, 1.54) is 18.9 Å². The second-order valence-corrected chi connectivity index (χ2v) is 7.89. The molecule has 0 aliphatic carbocycles. The molecule has 154 valence electrons. The summed E-state index contributed by atoms with van der Waals surface area (Å²) in [6.07, 6.45) is 0.185. The van der Waals surface area contributed by atoms with E-state index < -0.39 is 5.97 Å². The van der Waals surface area contributed by atoms with E-state index in [0.717, 1.165) is 16.9 Å². The molecule has 0 saturated heterocycles. The second-order valence-electron chi connectivity index (χ2n) is 6.78. The number of benzene rings is 2. The topological polar surface area (TPSA) is 88.4 Å². The molecule has 1 aliphatic rings. The number of carbonyl (C=O) groups is 2. The van der Waals surface area contributed by atoms with Crippen molar-refractivity contribution in [1.29, 1.82) is 5.26 Å². The Labute approximate surface area is 179 Å². The summed E-state index contributed by atoms with van der Waals surface area (Å²) in [5, 5.41) is 13.1. The summed E-state index contributed by atoms with van der Waals surface area (Å²) in [6, 6.07) is 16.8. The summed E-state index contributed by atoms with van der Waals surface area (Å²) in [4.78, 5) is 23.9. The molecule has 30 heavy (non-hydrogen) atoms. The van der Waals surface area contributed by atoms with Crippen LogP contribution >= 0.6 is 11.8 Å². The molecule has 1 atom stereocenters. The normalized spacial score (nSPS) is 15.9. The Kier molecular flexibility index (Phi) is 7.15. The third-order valence-corrected chi connectivity index (χ3v) is 5.69. The van der Waals surface area contributed by atoms with Crippen LogP contribution < -0.4 is 10.1 Å². The van der Waals surface area contributed by atoms with Crippen molar-refractivity contribution in [1.82, 2.24) is 5.32 Å². The SMILES string of the molecule is COC(=O)c1ccc([C@H]2CC(=O)NC(SCCOc3ccc(C)cc3)=C2C#N)cc1. The fourth-order valence-corrected chi connectivity index (χ4v) is 4.03. The number of hydrogen-bond acceptors (Lipinski definition) is 6. The summed E-state index contributed by atoms with van der Waals surface area (Å²) < 4.78 is 10.4. The Morgan fingerprint density at radius 1 is 1.20 bits per heavy atom. The molecule has 0 fully saturated rings. The maximum absolute atomic E-state index is 12.3. The third kappa shape index (κ3) is 5.22. The van der Waals surface area contributed by atoms with Gasteiger partial charge < -0.3 is 14.8 Å². The molecule has 1 amide bonds. The number of nitriles is 1. The Morgan fingerprint density at radius 2 is 1.90 bits per heavy atom. The van der Waals surface area contributed by atoms with Gasteiger partial charge in [-0.25, -0.2) is 4.79 Å². The number of carbonyl (C=O) groups excluding carboxylic acids is 2. The second kappa shape index (κ2) is 9.99. The number of thioether (sulfide) groups is 1. The van der Waals surface area contributed by atoms with Crippen molar-refractivity contribution in [2.45, 2.75) is 19.3 Å².